The lowest BCUT2D eigenvalue weighted by molar-refractivity contribution is 0.122. The van der Waals surface area contributed by atoms with E-state index in [1.54, 1.807) is 25.3 Å². The van der Waals surface area contributed by atoms with Crippen LogP contribution in [0.2, 0.25) is 0 Å². The number of nitrogens with zero attached hydrogens (tertiary/aromatic N) is 1. The van der Waals surface area contributed by atoms with E-state index in [4.69, 9.17) is 14.7 Å². The number of methoxy groups -OCH3 is 1. The Bertz CT molecular complexity index is 372. The lowest BCUT2D eigenvalue weighted by Crippen LogP contribution is -2.14. The third-order valence-corrected chi connectivity index (χ3v) is 2.16. The van der Waals surface area contributed by atoms with Crippen LogP contribution in [-0.2, 0) is 11.3 Å². The maximum absolute atomic E-state index is 8.79. The van der Waals surface area contributed by atoms with Crippen molar-refractivity contribution >= 4 is 0 Å². The second kappa shape index (κ2) is 6.83. The summed E-state index contributed by atoms with van der Waals surface area (Å²) in [4.78, 5) is 0. The molecule has 0 bridgehead atoms. The Kier molecular flexibility index (Phi) is 5.34. The largest absolute Gasteiger partial charge is 0.496 e. The Morgan fingerprint density at radius 3 is 2.88 bits per heavy atom. The number of nitriles is 1. The van der Waals surface area contributed by atoms with Crippen molar-refractivity contribution in [2.45, 2.75) is 6.61 Å². The smallest absolute Gasteiger partial charge is 0.124 e. The number of hydrogen-bond acceptors (Lipinski definition) is 4. The molecular weight excluding hydrogens is 204 g/mol. The van der Waals surface area contributed by atoms with Gasteiger partial charge in [0.15, 0.2) is 0 Å². The van der Waals surface area contributed by atoms with Crippen molar-refractivity contribution in [3.8, 4) is 11.8 Å². The van der Waals surface area contributed by atoms with Crippen molar-refractivity contribution < 1.29 is 9.47 Å². The molecule has 1 N–H and O–H groups in total. The number of benzene rings is 1. The Morgan fingerprint density at radius 2 is 2.25 bits per heavy atom. The molecule has 0 aromatic heterocycles. The highest BCUT2D eigenvalue weighted by Gasteiger charge is 2.04. The number of hydrogen-bond donors (Lipinski definition) is 1. The van der Waals surface area contributed by atoms with Crippen molar-refractivity contribution in [1.29, 1.82) is 5.26 Å². The molecule has 0 aliphatic rings. The average molecular weight is 220 g/mol. The molecule has 0 aliphatic carbocycles. The topological polar surface area (TPSA) is 54.3 Å². The number of nitrogens with one attached hydrogen (secondary N) is 1. The highest BCUT2D eigenvalue weighted by Crippen LogP contribution is 2.20. The third kappa shape index (κ3) is 3.54. The highest BCUT2D eigenvalue weighted by molar-refractivity contribution is 5.41. The fourth-order valence-corrected chi connectivity index (χ4v) is 1.32. The maximum Gasteiger partial charge on any atom is 0.124 e. The van der Waals surface area contributed by atoms with Crippen LogP contribution in [0.1, 0.15) is 11.1 Å². The first-order valence-corrected chi connectivity index (χ1v) is 5.11. The quantitative estimate of drug-likeness (QED) is 0.734. The van der Waals surface area contributed by atoms with E-state index in [2.05, 4.69) is 11.4 Å². The Hall–Kier alpha value is -1.57. The van der Waals surface area contributed by atoms with Gasteiger partial charge >= 0.3 is 0 Å². The van der Waals surface area contributed by atoms with Crippen LogP contribution < -0.4 is 10.1 Å². The summed E-state index contributed by atoms with van der Waals surface area (Å²) >= 11 is 0. The molecule has 1 aromatic carbocycles. The van der Waals surface area contributed by atoms with Gasteiger partial charge in [-0.1, -0.05) is 0 Å². The number of likely N-dealkylation sites (N-methyl/N-ethyl adjacent to an activating group) is 1. The molecule has 86 valence electrons. The standard InChI is InChI=1S/C12H16N2O2/c1-14-5-6-16-9-11-7-10(8-13)3-4-12(11)15-2/h3-4,7,14H,5-6,9H2,1-2H3. The third-order valence-electron chi connectivity index (χ3n) is 2.16. The van der Waals surface area contributed by atoms with Crippen molar-refractivity contribution in [3.05, 3.63) is 29.3 Å². The predicted octanol–water partition coefficient (Wildman–Crippen LogP) is 1.30. The van der Waals surface area contributed by atoms with E-state index in [9.17, 15) is 0 Å². The number of ether oxygens (including phenoxy) is 2. The van der Waals surface area contributed by atoms with Gasteiger partial charge in [0.1, 0.15) is 5.75 Å². The minimum atomic E-state index is 0.459. The average Bonchev–Trinajstić information content (AvgIpc) is 2.34. The SMILES string of the molecule is CNCCOCc1cc(C#N)ccc1OC. The van der Waals surface area contributed by atoms with Gasteiger partial charge in [0, 0.05) is 12.1 Å². The van der Waals surface area contributed by atoms with Gasteiger partial charge in [-0.2, -0.15) is 5.26 Å². The zero-order valence-electron chi connectivity index (χ0n) is 9.62. The van der Waals surface area contributed by atoms with Gasteiger partial charge in [0.2, 0.25) is 0 Å². The molecule has 0 aliphatic heterocycles. The van der Waals surface area contributed by atoms with Crippen LogP contribution in [0, 0.1) is 11.3 Å². The van der Waals surface area contributed by atoms with Gasteiger partial charge in [0.25, 0.3) is 0 Å². The normalized spacial score (nSPS) is 9.81. The molecule has 0 amide bonds. The molecule has 1 rings (SSSR count). The van der Waals surface area contributed by atoms with E-state index in [-0.39, 0.29) is 0 Å². The summed E-state index contributed by atoms with van der Waals surface area (Å²) in [5, 5.41) is 11.8. The molecular formula is C12H16N2O2. The summed E-state index contributed by atoms with van der Waals surface area (Å²) in [6.07, 6.45) is 0. The molecule has 0 heterocycles. The zero-order valence-corrected chi connectivity index (χ0v) is 9.62. The van der Waals surface area contributed by atoms with Gasteiger partial charge in [-0.3, -0.25) is 0 Å². The van der Waals surface area contributed by atoms with E-state index in [0.717, 1.165) is 17.9 Å². The molecule has 4 nitrogen and oxygen atoms in total. The van der Waals surface area contributed by atoms with Crippen LogP contribution in [0.4, 0.5) is 0 Å². The first-order chi connectivity index (χ1) is 7.81. The zero-order chi connectivity index (χ0) is 11.8. The van der Waals surface area contributed by atoms with Gasteiger partial charge in [-0.05, 0) is 25.2 Å². The van der Waals surface area contributed by atoms with E-state index >= 15 is 0 Å². The lowest BCUT2D eigenvalue weighted by atomic mass is 10.1. The molecule has 0 saturated carbocycles. The van der Waals surface area contributed by atoms with E-state index < -0.39 is 0 Å². The Balaban J connectivity index is 2.65. The van der Waals surface area contributed by atoms with E-state index in [1.165, 1.54) is 0 Å². The monoisotopic (exact) mass is 220 g/mol. The molecule has 4 heteroatoms. The van der Waals surface area contributed by atoms with Gasteiger partial charge < -0.3 is 14.8 Å². The molecule has 16 heavy (non-hydrogen) atoms. The van der Waals surface area contributed by atoms with Crippen molar-refractivity contribution in [2.24, 2.45) is 0 Å². The predicted molar refractivity (Wildman–Crippen MR) is 61.3 cm³/mol. The molecule has 1 aromatic rings. The Morgan fingerprint density at radius 1 is 1.44 bits per heavy atom. The van der Waals surface area contributed by atoms with E-state index in [1.807, 2.05) is 7.05 Å². The molecule has 0 radical (unpaired) electrons. The molecule has 0 spiro atoms. The molecule has 0 fully saturated rings. The van der Waals surface area contributed by atoms with Crippen LogP contribution >= 0.6 is 0 Å². The first-order valence-electron chi connectivity index (χ1n) is 5.11. The minimum Gasteiger partial charge on any atom is -0.496 e. The van der Waals surface area contributed by atoms with Crippen LogP contribution in [0.5, 0.6) is 5.75 Å². The van der Waals surface area contributed by atoms with Crippen molar-refractivity contribution in [2.75, 3.05) is 27.3 Å². The minimum absolute atomic E-state index is 0.459. The van der Waals surface area contributed by atoms with Crippen molar-refractivity contribution in [1.82, 2.24) is 5.32 Å². The first kappa shape index (κ1) is 12.5. The van der Waals surface area contributed by atoms with Crippen LogP contribution in [0.15, 0.2) is 18.2 Å². The van der Waals surface area contributed by atoms with Crippen LogP contribution in [0.3, 0.4) is 0 Å². The maximum atomic E-state index is 8.79. The second-order valence-electron chi connectivity index (χ2n) is 3.29. The summed E-state index contributed by atoms with van der Waals surface area (Å²) in [5.41, 5.74) is 1.52. The summed E-state index contributed by atoms with van der Waals surface area (Å²) < 4.78 is 10.6. The van der Waals surface area contributed by atoms with Gasteiger partial charge in [-0.15, -0.1) is 0 Å². The lowest BCUT2D eigenvalue weighted by Gasteiger charge is -2.09. The Labute approximate surface area is 95.8 Å². The van der Waals surface area contributed by atoms with Crippen molar-refractivity contribution in [3.63, 3.8) is 0 Å². The summed E-state index contributed by atoms with van der Waals surface area (Å²) in [6.45, 7) is 1.90. The summed E-state index contributed by atoms with van der Waals surface area (Å²) in [5.74, 6) is 0.753. The fraction of sp³-hybridized carbons (Fsp3) is 0.417. The molecule has 0 atom stereocenters. The highest BCUT2D eigenvalue weighted by atomic mass is 16.5. The summed E-state index contributed by atoms with van der Waals surface area (Å²) in [6, 6.07) is 7.41. The van der Waals surface area contributed by atoms with Crippen LogP contribution in [-0.4, -0.2) is 27.3 Å². The number of rotatable bonds is 6. The molecule has 0 unspecified atom stereocenters. The van der Waals surface area contributed by atoms with Gasteiger partial charge in [0.05, 0.1) is 32.0 Å². The second-order valence-corrected chi connectivity index (χ2v) is 3.29. The molecule has 0 saturated heterocycles. The fourth-order valence-electron chi connectivity index (χ4n) is 1.32. The van der Waals surface area contributed by atoms with E-state index in [0.29, 0.717) is 18.8 Å². The van der Waals surface area contributed by atoms with Gasteiger partial charge in [-0.25, -0.2) is 0 Å². The van der Waals surface area contributed by atoms with Crippen LogP contribution in [0.25, 0.3) is 0 Å². The summed E-state index contributed by atoms with van der Waals surface area (Å²) in [7, 11) is 3.48.